The summed E-state index contributed by atoms with van der Waals surface area (Å²) in [6.07, 6.45) is 0. The van der Waals surface area contributed by atoms with Crippen LogP contribution < -0.4 is 10.6 Å². The van der Waals surface area contributed by atoms with Crippen LogP contribution in [0, 0.1) is 5.92 Å². The van der Waals surface area contributed by atoms with Gasteiger partial charge in [0.2, 0.25) is 5.91 Å². The van der Waals surface area contributed by atoms with E-state index in [9.17, 15) is 4.79 Å². The van der Waals surface area contributed by atoms with Gasteiger partial charge in [-0.2, -0.15) is 0 Å². The van der Waals surface area contributed by atoms with Gasteiger partial charge in [-0.15, -0.1) is 0 Å². The molecule has 1 aliphatic heterocycles. The minimum atomic E-state index is -0.00324. The monoisotopic (exact) mass is 318 g/mol. The minimum Gasteiger partial charge on any atom is -0.352 e. The van der Waals surface area contributed by atoms with Crippen LogP contribution in [0.15, 0.2) is 24.3 Å². The fourth-order valence-corrected chi connectivity index (χ4v) is 2.79. The highest BCUT2D eigenvalue weighted by atomic mass is 16.1. The number of piperazine rings is 1. The van der Waals surface area contributed by atoms with Gasteiger partial charge in [-0.05, 0) is 25.2 Å². The molecule has 1 unspecified atom stereocenters. The summed E-state index contributed by atoms with van der Waals surface area (Å²) in [5.41, 5.74) is 2.49. The standard InChI is InChI=1S/C18H30N4O/c1-15(12-19-2)18(23)20-13-16-4-6-17(7-5-16)14-22-10-8-21(3)9-11-22/h4-7,15,19H,8-14H2,1-3H3,(H,20,23). The highest BCUT2D eigenvalue weighted by Gasteiger charge is 2.14. The van der Waals surface area contributed by atoms with Crippen LogP contribution in [0.1, 0.15) is 18.1 Å². The van der Waals surface area contributed by atoms with Crippen LogP contribution in [0.25, 0.3) is 0 Å². The fraction of sp³-hybridized carbons (Fsp3) is 0.611. The summed E-state index contributed by atoms with van der Waals surface area (Å²) < 4.78 is 0. The van der Waals surface area contributed by atoms with E-state index in [1.54, 1.807) is 0 Å². The number of amides is 1. The zero-order valence-electron chi connectivity index (χ0n) is 14.6. The molecule has 0 aromatic heterocycles. The molecule has 5 heteroatoms. The van der Waals surface area contributed by atoms with Gasteiger partial charge in [0.15, 0.2) is 0 Å². The second kappa shape index (κ2) is 9.01. The number of hydrogen-bond acceptors (Lipinski definition) is 4. The van der Waals surface area contributed by atoms with E-state index in [2.05, 4.69) is 51.7 Å². The molecule has 1 heterocycles. The molecule has 0 aliphatic carbocycles. The minimum absolute atomic E-state index is 0.00324. The summed E-state index contributed by atoms with van der Waals surface area (Å²) in [4.78, 5) is 16.8. The quantitative estimate of drug-likeness (QED) is 0.784. The van der Waals surface area contributed by atoms with Crippen molar-refractivity contribution in [2.45, 2.75) is 20.0 Å². The third-order valence-electron chi connectivity index (χ3n) is 4.45. The van der Waals surface area contributed by atoms with E-state index in [1.165, 1.54) is 5.56 Å². The summed E-state index contributed by atoms with van der Waals surface area (Å²) in [5.74, 6) is 0.0948. The molecule has 1 aromatic carbocycles. The van der Waals surface area contributed by atoms with E-state index in [0.29, 0.717) is 13.1 Å². The molecular weight excluding hydrogens is 288 g/mol. The topological polar surface area (TPSA) is 47.6 Å². The van der Waals surface area contributed by atoms with Crippen molar-refractivity contribution in [3.63, 3.8) is 0 Å². The number of carbonyl (C=O) groups excluding carboxylic acids is 1. The number of nitrogens with zero attached hydrogens (tertiary/aromatic N) is 2. The first-order valence-corrected chi connectivity index (χ1v) is 8.49. The Hall–Kier alpha value is -1.43. The number of rotatable bonds is 7. The van der Waals surface area contributed by atoms with Gasteiger partial charge in [0, 0.05) is 51.7 Å². The van der Waals surface area contributed by atoms with Gasteiger partial charge in [0.1, 0.15) is 0 Å². The Morgan fingerprint density at radius 2 is 1.74 bits per heavy atom. The van der Waals surface area contributed by atoms with Crippen molar-refractivity contribution < 1.29 is 4.79 Å². The first-order valence-electron chi connectivity index (χ1n) is 8.49. The maximum absolute atomic E-state index is 11.9. The SMILES string of the molecule is CNCC(C)C(=O)NCc1ccc(CN2CCN(C)CC2)cc1. The van der Waals surface area contributed by atoms with E-state index >= 15 is 0 Å². The van der Waals surface area contributed by atoms with Crippen LogP contribution in [-0.4, -0.2) is 62.5 Å². The van der Waals surface area contributed by atoms with Crippen molar-refractivity contribution in [1.29, 1.82) is 0 Å². The smallest absolute Gasteiger partial charge is 0.224 e. The molecule has 5 nitrogen and oxygen atoms in total. The largest absolute Gasteiger partial charge is 0.352 e. The van der Waals surface area contributed by atoms with Crippen LogP contribution in [0.2, 0.25) is 0 Å². The van der Waals surface area contributed by atoms with Crippen LogP contribution in [0.5, 0.6) is 0 Å². The predicted molar refractivity (Wildman–Crippen MR) is 94.2 cm³/mol. The van der Waals surface area contributed by atoms with Crippen LogP contribution in [0.3, 0.4) is 0 Å². The number of hydrogen-bond donors (Lipinski definition) is 2. The summed E-state index contributed by atoms with van der Waals surface area (Å²) in [5, 5.41) is 6.02. The Morgan fingerprint density at radius 1 is 1.13 bits per heavy atom. The molecule has 128 valence electrons. The predicted octanol–water partition coefficient (Wildman–Crippen LogP) is 0.906. The molecule has 0 radical (unpaired) electrons. The zero-order valence-corrected chi connectivity index (χ0v) is 14.6. The van der Waals surface area contributed by atoms with Gasteiger partial charge in [0.05, 0.1) is 0 Å². The van der Waals surface area contributed by atoms with Gasteiger partial charge in [-0.25, -0.2) is 0 Å². The summed E-state index contributed by atoms with van der Waals surface area (Å²) in [6.45, 7) is 8.82. The molecule has 2 N–H and O–H groups in total. The lowest BCUT2D eigenvalue weighted by molar-refractivity contribution is -0.124. The first-order chi connectivity index (χ1) is 11.1. The molecule has 23 heavy (non-hydrogen) atoms. The van der Waals surface area contributed by atoms with E-state index < -0.39 is 0 Å². The molecule has 1 aliphatic rings. The molecule has 1 amide bonds. The molecule has 1 fully saturated rings. The second-order valence-corrected chi connectivity index (χ2v) is 6.57. The Morgan fingerprint density at radius 3 is 2.35 bits per heavy atom. The number of benzene rings is 1. The van der Waals surface area contributed by atoms with Gasteiger partial charge < -0.3 is 15.5 Å². The van der Waals surface area contributed by atoms with E-state index in [-0.39, 0.29) is 11.8 Å². The van der Waals surface area contributed by atoms with Crippen molar-refractivity contribution in [3.05, 3.63) is 35.4 Å². The molecule has 1 aromatic rings. The Bertz CT molecular complexity index is 480. The third kappa shape index (κ3) is 5.94. The lowest BCUT2D eigenvalue weighted by Gasteiger charge is -2.32. The molecule has 2 rings (SSSR count). The molecule has 0 spiro atoms. The average Bonchev–Trinajstić information content (AvgIpc) is 2.56. The van der Waals surface area contributed by atoms with Crippen molar-refractivity contribution >= 4 is 5.91 Å². The maximum Gasteiger partial charge on any atom is 0.224 e. The summed E-state index contributed by atoms with van der Waals surface area (Å²) in [6, 6.07) is 8.59. The Labute approximate surface area is 140 Å². The molecule has 0 saturated carbocycles. The lowest BCUT2D eigenvalue weighted by Crippen LogP contribution is -2.43. The van der Waals surface area contributed by atoms with Crippen molar-refractivity contribution in [1.82, 2.24) is 20.4 Å². The molecule has 1 atom stereocenters. The number of nitrogens with one attached hydrogen (secondary N) is 2. The van der Waals surface area contributed by atoms with Crippen LogP contribution >= 0.6 is 0 Å². The van der Waals surface area contributed by atoms with Crippen molar-refractivity contribution in [2.75, 3.05) is 46.8 Å². The van der Waals surface area contributed by atoms with Crippen LogP contribution in [-0.2, 0) is 17.9 Å². The van der Waals surface area contributed by atoms with Crippen molar-refractivity contribution in [2.24, 2.45) is 5.92 Å². The highest BCUT2D eigenvalue weighted by molar-refractivity contribution is 5.78. The number of carbonyl (C=O) groups is 1. The van der Waals surface area contributed by atoms with Gasteiger partial charge in [-0.3, -0.25) is 9.69 Å². The van der Waals surface area contributed by atoms with E-state index in [0.717, 1.165) is 38.3 Å². The normalized spacial score (nSPS) is 17.9. The van der Waals surface area contributed by atoms with E-state index in [4.69, 9.17) is 0 Å². The van der Waals surface area contributed by atoms with Gasteiger partial charge >= 0.3 is 0 Å². The molecule has 0 bridgehead atoms. The van der Waals surface area contributed by atoms with E-state index in [1.807, 2.05) is 14.0 Å². The summed E-state index contributed by atoms with van der Waals surface area (Å²) >= 11 is 0. The van der Waals surface area contributed by atoms with Crippen molar-refractivity contribution in [3.8, 4) is 0 Å². The molecular formula is C18H30N4O. The third-order valence-corrected chi connectivity index (χ3v) is 4.45. The Kier molecular flexibility index (Phi) is 7.02. The maximum atomic E-state index is 11.9. The number of likely N-dealkylation sites (N-methyl/N-ethyl adjacent to an activating group) is 1. The average molecular weight is 318 g/mol. The Balaban J connectivity index is 1.77. The second-order valence-electron chi connectivity index (χ2n) is 6.57. The lowest BCUT2D eigenvalue weighted by atomic mass is 10.1. The van der Waals surface area contributed by atoms with Gasteiger partial charge in [0.25, 0.3) is 0 Å². The van der Waals surface area contributed by atoms with Crippen LogP contribution in [0.4, 0.5) is 0 Å². The molecule has 1 saturated heterocycles. The first kappa shape index (κ1) is 17.9. The van der Waals surface area contributed by atoms with Gasteiger partial charge in [-0.1, -0.05) is 31.2 Å². The highest BCUT2D eigenvalue weighted by Crippen LogP contribution is 2.10. The fourth-order valence-electron chi connectivity index (χ4n) is 2.79. The zero-order chi connectivity index (χ0) is 16.7. The summed E-state index contributed by atoms with van der Waals surface area (Å²) in [7, 11) is 4.04.